The van der Waals surface area contributed by atoms with Crippen molar-refractivity contribution in [3.05, 3.63) is 58.4 Å². The molecule has 2 fully saturated rings. The Balaban J connectivity index is 1.26. The molecular weight excluding hydrogens is 373 g/mol. The summed E-state index contributed by atoms with van der Waals surface area (Å²) in [6.07, 6.45) is 3.69. The predicted octanol–water partition coefficient (Wildman–Crippen LogP) is 2.09. The van der Waals surface area contributed by atoms with Crippen molar-refractivity contribution in [1.29, 1.82) is 0 Å². The van der Waals surface area contributed by atoms with Crippen molar-refractivity contribution in [1.82, 2.24) is 19.4 Å². The molecule has 3 aromatic rings. The van der Waals surface area contributed by atoms with Crippen molar-refractivity contribution in [3.63, 3.8) is 0 Å². The summed E-state index contributed by atoms with van der Waals surface area (Å²) in [6.45, 7) is 2.48. The van der Waals surface area contributed by atoms with Crippen molar-refractivity contribution in [2.75, 3.05) is 31.1 Å². The largest absolute Gasteiger partial charge is 0.339 e. The van der Waals surface area contributed by atoms with E-state index < -0.39 is 11.4 Å². The third kappa shape index (κ3) is 3.39. The fraction of sp³-hybridized carbons (Fsp3) is 0.381. The lowest BCUT2D eigenvalue weighted by Crippen LogP contribution is -2.50. The predicted molar refractivity (Wildman–Crippen MR) is 108 cm³/mol. The second-order valence-electron chi connectivity index (χ2n) is 7.73. The summed E-state index contributed by atoms with van der Waals surface area (Å²) >= 11 is 0. The minimum Gasteiger partial charge on any atom is -0.339 e. The number of aromatic nitrogens is 3. The van der Waals surface area contributed by atoms with E-state index in [0.29, 0.717) is 38.7 Å². The smallest absolute Gasteiger partial charge is 0.288 e. The Labute approximate surface area is 166 Å². The van der Waals surface area contributed by atoms with Crippen LogP contribution < -0.4 is 10.5 Å². The van der Waals surface area contributed by atoms with Gasteiger partial charge in [-0.3, -0.25) is 14.6 Å². The second-order valence-corrected chi connectivity index (χ2v) is 7.73. The molecule has 2 aromatic heterocycles. The Kier molecular flexibility index (Phi) is 4.34. The highest BCUT2D eigenvalue weighted by atomic mass is 19.1. The molecule has 2 aliphatic rings. The molecule has 7 nitrogen and oxygen atoms in total. The molecule has 1 N–H and O–H groups in total. The molecule has 150 valence electrons. The molecule has 3 heterocycles. The highest BCUT2D eigenvalue weighted by molar-refractivity contribution is 5.83. The summed E-state index contributed by atoms with van der Waals surface area (Å²) in [7, 11) is 0. The minimum absolute atomic E-state index is 0.0604. The average Bonchev–Trinajstić information content (AvgIpc) is 3.51. The number of nitrogens with one attached hydrogen (secondary N) is 1. The standard InChI is InChI=1S/C21H22FN5O2/c22-18-19(15-5-6-15)23-21(24-20(18)29)26-11-9-25(10-12-26)17(28)13-27-8-7-14-3-1-2-4-16(14)27/h1-4,7-8,15H,5-6,9-13H2,(H,23,24,29). The van der Waals surface area contributed by atoms with E-state index in [1.54, 1.807) is 0 Å². The summed E-state index contributed by atoms with van der Waals surface area (Å²) in [6, 6.07) is 10.00. The van der Waals surface area contributed by atoms with E-state index in [1.165, 1.54) is 0 Å². The van der Waals surface area contributed by atoms with Crippen LogP contribution in [-0.2, 0) is 11.3 Å². The van der Waals surface area contributed by atoms with E-state index in [0.717, 1.165) is 23.7 Å². The second kappa shape index (κ2) is 7.02. The monoisotopic (exact) mass is 395 g/mol. The van der Waals surface area contributed by atoms with Crippen LogP contribution in [0, 0.1) is 5.82 Å². The van der Waals surface area contributed by atoms with E-state index in [9.17, 15) is 14.0 Å². The van der Waals surface area contributed by atoms with Crippen molar-refractivity contribution < 1.29 is 9.18 Å². The highest BCUT2D eigenvalue weighted by Crippen LogP contribution is 2.39. The fourth-order valence-electron chi connectivity index (χ4n) is 3.93. The number of amides is 1. The van der Waals surface area contributed by atoms with Gasteiger partial charge in [-0.1, -0.05) is 18.2 Å². The first-order chi connectivity index (χ1) is 14.1. The number of carbonyl (C=O) groups is 1. The number of piperazine rings is 1. The van der Waals surface area contributed by atoms with Crippen LogP contribution in [0.3, 0.4) is 0 Å². The van der Waals surface area contributed by atoms with Gasteiger partial charge < -0.3 is 14.4 Å². The fourth-order valence-corrected chi connectivity index (χ4v) is 3.93. The third-order valence-electron chi connectivity index (χ3n) is 5.76. The molecule has 0 radical (unpaired) electrons. The maximum atomic E-state index is 14.0. The number of hydrogen-bond donors (Lipinski definition) is 1. The number of H-pyrrole nitrogens is 1. The van der Waals surface area contributed by atoms with E-state index in [-0.39, 0.29) is 17.5 Å². The van der Waals surface area contributed by atoms with Crippen molar-refractivity contribution >= 4 is 22.8 Å². The minimum atomic E-state index is -0.760. The zero-order chi connectivity index (χ0) is 20.0. The van der Waals surface area contributed by atoms with Crippen LogP contribution in [0.15, 0.2) is 41.3 Å². The van der Waals surface area contributed by atoms with Crippen LogP contribution >= 0.6 is 0 Å². The Morgan fingerprint density at radius 3 is 2.66 bits per heavy atom. The molecular formula is C21H22FN5O2. The summed E-state index contributed by atoms with van der Waals surface area (Å²) in [5.74, 6) is -0.230. The lowest BCUT2D eigenvalue weighted by molar-refractivity contribution is -0.132. The molecule has 0 bridgehead atoms. The summed E-state index contributed by atoms with van der Waals surface area (Å²) in [5.41, 5.74) is 0.608. The lowest BCUT2D eigenvalue weighted by Gasteiger charge is -2.35. The van der Waals surface area contributed by atoms with Crippen LogP contribution in [0.4, 0.5) is 10.3 Å². The summed E-state index contributed by atoms with van der Waals surface area (Å²) < 4.78 is 16.0. The van der Waals surface area contributed by atoms with Gasteiger partial charge in [-0.15, -0.1) is 0 Å². The topological polar surface area (TPSA) is 74.2 Å². The number of rotatable bonds is 4. The number of aromatic amines is 1. The quantitative estimate of drug-likeness (QED) is 0.734. The van der Waals surface area contributed by atoms with Gasteiger partial charge in [-0.2, -0.15) is 4.39 Å². The number of benzene rings is 1. The number of carbonyl (C=O) groups excluding carboxylic acids is 1. The number of fused-ring (bicyclic) bond motifs is 1. The van der Waals surface area contributed by atoms with Gasteiger partial charge in [0.2, 0.25) is 17.7 Å². The molecule has 0 unspecified atom stereocenters. The number of anilines is 1. The van der Waals surface area contributed by atoms with E-state index in [2.05, 4.69) is 9.97 Å². The molecule has 8 heteroatoms. The van der Waals surface area contributed by atoms with Gasteiger partial charge in [0.15, 0.2) is 0 Å². The Morgan fingerprint density at radius 2 is 1.90 bits per heavy atom. The molecule has 1 saturated carbocycles. The number of para-hydroxylation sites is 1. The lowest BCUT2D eigenvalue weighted by atomic mass is 10.2. The van der Waals surface area contributed by atoms with Gasteiger partial charge in [-0.05, 0) is 30.4 Å². The SMILES string of the molecule is O=C(Cn1ccc2ccccc21)N1CCN(c2nc(C3CC3)c(F)c(=O)[nH]2)CC1. The number of halogens is 1. The number of hydrogen-bond acceptors (Lipinski definition) is 4. The first kappa shape index (κ1) is 17.9. The van der Waals surface area contributed by atoms with Crippen LogP contribution in [0.5, 0.6) is 0 Å². The van der Waals surface area contributed by atoms with E-state index in [4.69, 9.17) is 0 Å². The molecule has 1 aromatic carbocycles. The Hall–Kier alpha value is -3.16. The molecule has 29 heavy (non-hydrogen) atoms. The van der Waals surface area contributed by atoms with Gasteiger partial charge in [0.1, 0.15) is 6.54 Å². The zero-order valence-electron chi connectivity index (χ0n) is 16.0. The van der Waals surface area contributed by atoms with Crippen molar-refractivity contribution in [2.24, 2.45) is 0 Å². The molecule has 5 rings (SSSR count). The van der Waals surface area contributed by atoms with Crippen molar-refractivity contribution in [3.8, 4) is 0 Å². The molecule has 0 atom stereocenters. The zero-order valence-corrected chi connectivity index (χ0v) is 16.0. The Morgan fingerprint density at radius 1 is 1.14 bits per heavy atom. The van der Waals surface area contributed by atoms with Crippen LogP contribution in [0.25, 0.3) is 10.9 Å². The van der Waals surface area contributed by atoms with Gasteiger partial charge in [0.05, 0.1) is 5.69 Å². The molecule has 1 aliphatic carbocycles. The van der Waals surface area contributed by atoms with Crippen LogP contribution in [-0.4, -0.2) is 51.5 Å². The van der Waals surface area contributed by atoms with Crippen LogP contribution in [0.2, 0.25) is 0 Å². The Bertz CT molecular complexity index is 1130. The average molecular weight is 395 g/mol. The maximum Gasteiger partial charge on any atom is 0.288 e. The highest BCUT2D eigenvalue weighted by Gasteiger charge is 2.31. The van der Waals surface area contributed by atoms with Gasteiger partial charge in [0.25, 0.3) is 5.56 Å². The third-order valence-corrected chi connectivity index (χ3v) is 5.76. The van der Waals surface area contributed by atoms with E-state index in [1.807, 2.05) is 50.9 Å². The molecule has 1 amide bonds. The summed E-state index contributed by atoms with van der Waals surface area (Å²) in [4.78, 5) is 35.4. The number of nitrogens with zero attached hydrogens (tertiary/aromatic N) is 4. The van der Waals surface area contributed by atoms with Gasteiger partial charge in [0, 0.05) is 43.8 Å². The maximum absolute atomic E-state index is 14.0. The molecule has 1 saturated heterocycles. The van der Waals surface area contributed by atoms with Crippen molar-refractivity contribution in [2.45, 2.75) is 25.3 Å². The van der Waals surface area contributed by atoms with E-state index >= 15 is 0 Å². The molecule has 0 spiro atoms. The van der Waals surface area contributed by atoms with Crippen LogP contribution in [0.1, 0.15) is 24.5 Å². The summed E-state index contributed by atoms with van der Waals surface area (Å²) in [5, 5.41) is 1.11. The van der Waals surface area contributed by atoms with Gasteiger partial charge >= 0.3 is 0 Å². The normalized spacial score (nSPS) is 17.1. The first-order valence-corrected chi connectivity index (χ1v) is 9.96. The first-order valence-electron chi connectivity index (χ1n) is 9.96. The molecule has 1 aliphatic heterocycles. The van der Waals surface area contributed by atoms with Gasteiger partial charge in [-0.25, -0.2) is 4.98 Å².